The fraction of sp³-hybridized carbons (Fsp3) is 0.455. The molecule has 116 valence electrons. The number of furan rings is 1. The first-order valence-corrected chi connectivity index (χ1v) is 8.54. The van der Waals surface area contributed by atoms with E-state index in [9.17, 15) is 8.42 Å². The minimum atomic E-state index is -3.72. The second-order valence-corrected chi connectivity index (χ2v) is 6.66. The van der Waals surface area contributed by atoms with E-state index in [1.54, 1.807) is 0 Å². The van der Waals surface area contributed by atoms with Gasteiger partial charge in [-0.3, -0.25) is 0 Å². The summed E-state index contributed by atoms with van der Waals surface area (Å²) in [7, 11) is -3.72. The van der Waals surface area contributed by atoms with Crippen molar-refractivity contribution in [2.75, 3.05) is 6.54 Å². The van der Waals surface area contributed by atoms with E-state index in [1.807, 2.05) is 6.92 Å². The van der Waals surface area contributed by atoms with E-state index in [0.29, 0.717) is 12.3 Å². The lowest BCUT2D eigenvalue weighted by Gasteiger charge is -2.01. The first kappa shape index (κ1) is 16.1. The van der Waals surface area contributed by atoms with Gasteiger partial charge in [0.05, 0.1) is 13.1 Å². The molecule has 0 saturated heterocycles. The summed E-state index contributed by atoms with van der Waals surface area (Å²) < 4.78 is 36.8. The Hall–Kier alpha value is -1.23. The number of nitrogens with one attached hydrogen (secondary N) is 2. The van der Waals surface area contributed by atoms with Crippen molar-refractivity contribution in [1.82, 2.24) is 20.2 Å². The molecule has 10 heteroatoms. The van der Waals surface area contributed by atoms with Crippen molar-refractivity contribution in [1.29, 1.82) is 0 Å². The molecule has 8 nitrogen and oxygen atoms in total. The molecule has 2 heterocycles. The normalized spacial score (nSPS) is 11.9. The zero-order valence-electron chi connectivity index (χ0n) is 11.3. The number of aromatic nitrogens is 2. The van der Waals surface area contributed by atoms with Crippen LogP contribution < -0.4 is 10.0 Å². The van der Waals surface area contributed by atoms with Gasteiger partial charge in [0.25, 0.3) is 0 Å². The topological polar surface area (TPSA) is 110 Å². The standard InChI is InChI=1S/C11H15BrN4O4S/c1-2-3-13-5-8-4-9(11(12)20-8)21(17,18)15-6-10-14-7-19-16-10/h4,7,13,15H,2-3,5-6H2,1H3. The first-order chi connectivity index (χ1) is 10.0. The average molecular weight is 379 g/mol. The van der Waals surface area contributed by atoms with Gasteiger partial charge in [-0.2, -0.15) is 4.98 Å². The number of hydrogen-bond acceptors (Lipinski definition) is 7. The number of rotatable bonds is 8. The smallest absolute Gasteiger partial charge is 0.245 e. The van der Waals surface area contributed by atoms with Crippen molar-refractivity contribution in [2.24, 2.45) is 0 Å². The SMILES string of the molecule is CCCNCc1cc(S(=O)(=O)NCc2ncon2)c(Br)o1. The maximum atomic E-state index is 12.2. The highest BCUT2D eigenvalue weighted by Gasteiger charge is 2.22. The van der Waals surface area contributed by atoms with Crippen LogP contribution in [0.3, 0.4) is 0 Å². The Morgan fingerprint density at radius 2 is 2.19 bits per heavy atom. The second-order valence-electron chi connectivity index (χ2n) is 4.20. The van der Waals surface area contributed by atoms with Crippen molar-refractivity contribution in [2.45, 2.75) is 31.3 Å². The van der Waals surface area contributed by atoms with Gasteiger partial charge in [0.15, 0.2) is 10.5 Å². The van der Waals surface area contributed by atoms with Crippen molar-refractivity contribution in [3.05, 3.63) is 28.7 Å². The highest BCUT2D eigenvalue weighted by atomic mass is 79.9. The molecule has 0 aliphatic carbocycles. The van der Waals surface area contributed by atoms with Gasteiger partial charge in [-0.1, -0.05) is 12.1 Å². The Kier molecular flexibility index (Phi) is 5.51. The van der Waals surface area contributed by atoms with Crippen LogP contribution >= 0.6 is 15.9 Å². The molecular formula is C11H15BrN4O4S. The van der Waals surface area contributed by atoms with Gasteiger partial charge in [-0.15, -0.1) is 0 Å². The summed E-state index contributed by atoms with van der Waals surface area (Å²) in [4.78, 5) is 3.78. The summed E-state index contributed by atoms with van der Waals surface area (Å²) in [6.07, 6.45) is 2.12. The molecule has 2 N–H and O–H groups in total. The lowest BCUT2D eigenvalue weighted by molar-refractivity contribution is 0.409. The Morgan fingerprint density at radius 3 is 2.86 bits per heavy atom. The van der Waals surface area contributed by atoms with E-state index in [1.165, 1.54) is 6.07 Å². The third-order valence-corrected chi connectivity index (χ3v) is 4.81. The minimum absolute atomic E-state index is 0.0410. The van der Waals surface area contributed by atoms with E-state index in [4.69, 9.17) is 4.42 Å². The highest BCUT2D eigenvalue weighted by molar-refractivity contribution is 9.10. The summed E-state index contributed by atoms with van der Waals surface area (Å²) in [6, 6.07) is 1.48. The molecule has 0 atom stereocenters. The fourth-order valence-electron chi connectivity index (χ4n) is 1.56. The van der Waals surface area contributed by atoms with Gasteiger partial charge in [-0.05, 0) is 28.9 Å². The van der Waals surface area contributed by atoms with E-state index < -0.39 is 10.0 Å². The molecular weight excluding hydrogens is 364 g/mol. The summed E-state index contributed by atoms with van der Waals surface area (Å²) in [6.45, 7) is 3.28. The lowest BCUT2D eigenvalue weighted by Crippen LogP contribution is -2.23. The van der Waals surface area contributed by atoms with Crippen LogP contribution in [0.15, 0.2) is 31.0 Å². The van der Waals surface area contributed by atoms with Gasteiger partial charge < -0.3 is 14.3 Å². The van der Waals surface area contributed by atoms with Gasteiger partial charge in [-0.25, -0.2) is 13.1 Å². The molecule has 0 aromatic carbocycles. The van der Waals surface area contributed by atoms with Crippen molar-refractivity contribution < 1.29 is 17.4 Å². The molecule has 0 saturated carbocycles. The maximum Gasteiger partial charge on any atom is 0.245 e. The van der Waals surface area contributed by atoms with E-state index in [0.717, 1.165) is 19.4 Å². The van der Waals surface area contributed by atoms with Gasteiger partial charge in [0, 0.05) is 6.07 Å². The molecule has 0 radical (unpaired) electrons. The summed E-state index contributed by atoms with van der Waals surface area (Å²) in [5, 5.41) is 6.67. The highest BCUT2D eigenvalue weighted by Crippen LogP contribution is 2.26. The quantitative estimate of drug-likeness (QED) is 0.667. The zero-order valence-corrected chi connectivity index (χ0v) is 13.7. The van der Waals surface area contributed by atoms with Crippen LogP contribution in [0.2, 0.25) is 0 Å². The van der Waals surface area contributed by atoms with Gasteiger partial charge in [0.2, 0.25) is 16.4 Å². The average Bonchev–Trinajstić information content (AvgIpc) is 3.07. The largest absolute Gasteiger partial charge is 0.452 e. The molecule has 0 unspecified atom stereocenters. The third-order valence-electron chi connectivity index (χ3n) is 2.55. The third kappa shape index (κ3) is 4.37. The first-order valence-electron chi connectivity index (χ1n) is 6.26. The molecule has 0 amide bonds. The molecule has 21 heavy (non-hydrogen) atoms. The number of halogens is 1. The molecule has 2 aromatic rings. The maximum absolute atomic E-state index is 12.2. The van der Waals surface area contributed by atoms with Crippen molar-refractivity contribution >= 4 is 26.0 Å². The van der Waals surface area contributed by atoms with Crippen molar-refractivity contribution in [3.63, 3.8) is 0 Å². The van der Waals surface area contributed by atoms with Crippen LogP contribution in [-0.2, 0) is 23.1 Å². The van der Waals surface area contributed by atoms with Crippen LogP contribution in [-0.4, -0.2) is 25.1 Å². The Bertz CT molecular complexity index is 668. The van der Waals surface area contributed by atoms with Crippen LogP contribution in [0, 0.1) is 0 Å². The van der Waals surface area contributed by atoms with Crippen LogP contribution in [0.5, 0.6) is 0 Å². The summed E-state index contributed by atoms with van der Waals surface area (Å²) in [5.74, 6) is 0.790. The van der Waals surface area contributed by atoms with E-state index >= 15 is 0 Å². The summed E-state index contributed by atoms with van der Waals surface area (Å²) in [5.41, 5.74) is 0. The Balaban J connectivity index is 2.05. The summed E-state index contributed by atoms with van der Waals surface area (Å²) >= 11 is 3.12. The predicted octanol–water partition coefficient (Wildman–Crippen LogP) is 1.40. The monoisotopic (exact) mass is 378 g/mol. The zero-order chi connectivity index (χ0) is 15.3. The Labute approximate surface area is 130 Å². The molecule has 0 aliphatic rings. The second kappa shape index (κ2) is 7.16. The molecule has 2 aromatic heterocycles. The molecule has 0 spiro atoms. The molecule has 0 aliphatic heterocycles. The molecule has 2 rings (SSSR count). The van der Waals surface area contributed by atoms with Crippen LogP contribution in [0.1, 0.15) is 24.9 Å². The predicted molar refractivity (Wildman–Crippen MR) is 76.7 cm³/mol. The lowest BCUT2D eigenvalue weighted by atomic mass is 10.4. The fourth-order valence-corrected chi connectivity index (χ4v) is 3.54. The van der Waals surface area contributed by atoms with Gasteiger partial charge in [0.1, 0.15) is 10.7 Å². The van der Waals surface area contributed by atoms with Gasteiger partial charge >= 0.3 is 0 Å². The number of hydrogen-bond donors (Lipinski definition) is 2. The number of sulfonamides is 1. The van der Waals surface area contributed by atoms with E-state index in [2.05, 4.69) is 40.6 Å². The Morgan fingerprint density at radius 1 is 1.38 bits per heavy atom. The number of nitrogens with zero attached hydrogens (tertiary/aromatic N) is 2. The van der Waals surface area contributed by atoms with Crippen LogP contribution in [0.4, 0.5) is 0 Å². The van der Waals surface area contributed by atoms with Crippen LogP contribution in [0.25, 0.3) is 0 Å². The molecule has 0 bridgehead atoms. The minimum Gasteiger partial charge on any atom is -0.452 e. The van der Waals surface area contributed by atoms with Crippen molar-refractivity contribution in [3.8, 4) is 0 Å². The van der Waals surface area contributed by atoms with E-state index in [-0.39, 0.29) is 21.9 Å². The molecule has 0 fully saturated rings.